The van der Waals surface area contributed by atoms with E-state index in [-0.39, 0.29) is 5.41 Å². The molecule has 0 bridgehead atoms. The van der Waals surface area contributed by atoms with Gasteiger partial charge < -0.3 is 9.53 Å². The molecule has 0 spiro atoms. The van der Waals surface area contributed by atoms with Gasteiger partial charge in [-0.1, -0.05) is 26.7 Å². The van der Waals surface area contributed by atoms with Gasteiger partial charge >= 0.3 is 0 Å². The second kappa shape index (κ2) is 6.16. The minimum Gasteiger partial charge on any atom is -0.378 e. The number of carbonyl (C=O) groups is 1. The zero-order valence-corrected chi connectivity index (χ0v) is 11.9. The first-order valence-electron chi connectivity index (χ1n) is 7.47. The van der Waals surface area contributed by atoms with E-state index in [4.69, 9.17) is 4.74 Å². The number of hydrogen-bond donors (Lipinski definition) is 0. The first-order valence-corrected chi connectivity index (χ1v) is 7.47. The molecule has 1 saturated carbocycles. The molecule has 104 valence electrons. The number of carbonyl (C=O) groups excluding carboxylic acids is 1. The van der Waals surface area contributed by atoms with Gasteiger partial charge in [-0.15, -0.1) is 0 Å². The van der Waals surface area contributed by atoms with Crippen molar-refractivity contribution in [2.45, 2.75) is 52.0 Å². The summed E-state index contributed by atoms with van der Waals surface area (Å²) in [5, 5.41) is 0. The Labute approximate surface area is 111 Å². The summed E-state index contributed by atoms with van der Waals surface area (Å²) >= 11 is 0. The first kappa shape index (κ1) is 14.0. The maximum absolute atomic E-state index is 11.6. The van der Waals surface area contributed by atoms with E-state index < -0.39 is 0 Å². The lowest BCUT2D eigenvalue weighted by Gasteiger charge is -2.43. The van der Waals surface area contributed by atoms with Crippen LogP contribution in [0.4, 0.5) is 0 Å². The molecule has 1 aliphatic heterocycles. The van der Waals surface area contributed by atoms with Gasteiger partial charge in [0.1, 0.15) is 6.29 Å². The third-order valence-electron chi connectivity index (χ3n) is 4.72. The monoisotopic (exact) mass is 253 g/mol. The molecule has 3 nitrogen and oxygen atoms in total. The van der Waals surface area contributed by atoms with Gasteiger partial charge in [-0.25, -0.2) is 0 Å². The summed E-state index contributed by atoms with van der Waals surface area (Å²) < 4.78 is 5.55. The molecular weight excluding hydrogens is 226 g/mol. The molecule has 3 heteroatoms. The molecule has 0 radical (unpaired) electrons. The molecular formula is C15H27NO2. The number of nitrogens with zero attached hydrogens (tertiary/aromatic N) is 1. The van der Waals surface area contributed by atoms with Crippen LogP contribution in [-0.2, 0) is 9.53 Å². The van der Waals surface area contributed by atoms with Crippen LogP contribution in [0.2, 0.25) is 0 Å². The first-order chi connectivity index (χ1) is 8.69. The molecule has 0 aromatic carbocycles. The summed E-state index contributed by atoms with van der Waals surface area (Å²) in [6, 6.07) is 0.507. The Morgan fingerprint density at radius 1 is 1.50 bits per heavy atom. The predicted octanol–water partition coefficient (Wildman–Crippen LogP) is 2.49. The minimum atomic E-state index is -0.0809. The molecule has 1 aliphatic carbocycles. The van der Waals surface area contributed by atoms with Crippen LogP contribution >= 0.6 is 0 Å². The van der Waals surface area contributed by atoms with Crippen LogP contribution in [-0.4, -0.2) is 43.5 Å². The van der Waals surface area contributed by atoms with Crippen LogP contribution in [0, 0.1) is 11.3 Å². The van der Waals surface area contributed by atoms with Gasteiger partial charge in [0.25, 0.3) is 0 Å². The van der Waals surface area contributed by atoms with Crippen molar-refractivity contribution in [1.29, 1.82) is 0 Å². The van der Waals surface area contributed by atoms with Gasteiger partial charge in [-0.2, -0.15) is 0 Å². The van der Waals surface area contributed by atoms with Gasteiger partial charge in [0.2, 0.25) is 0 Å². The van der Waals surface area contributed by atoms with E-state index in [2.05, 4.69) is 18.7 Å². The van der Waals surface area contributed by atoms with Crippen LogP contribution in [0.25, 0.3) is 0 Å². The number of hydrogen-bond acceptors (Lipinski definition) is 3. The smallest absolute Gasteiger partial charge is 0.127 e. The lowest BCUT2D eigenvalue weighted by atomic mass is 9.70. The van der Waals surface area contributed by atoms with Gasteiger partial charge in [-0.3, -0.25) is 4.90 Å². The SMILES string of the molecule is CCC1COCCN1CC1(C=O)CCCC(C)C1. The van der Waals surface area contributed by atoms with Crippen LogP contribution in [0.3, 0.4) is 0 Å². The van der Waals surface area contributed by atoms with Crippen molar-refractivity contribution in [2.24, 2.45) is 11.3 Å². The fourth-order valence-corrected chi connectivity index (χ4v) is 3.67. The molecule has 0 aromatic rings. The van der Waals surface area contributed by atoms with Crippen molar-refractivity contribution in [3.8, 4) is 0 Å². The molecule has 0 amide bonds. The molecule has 0 aromatic heterocycles. The quantitative estimate of drug-likeness (QED) is 0.721. The zero-order valence-electron chi connectivity index (χ0n) is 11.9. The summed E-state index contributed by atoms with van der Waals surface area (Å²) in [4.78, 5) is 14.1. The molecule has 2 aliphatic rings. The molecule has 2 fully saturated rings. The highest BCUT2D eigenvalue weighted by molar-refractivity contribution is 5.60. The number of aldehydes is 1. The average Bonchev–Trinajstić information content (AvgIpc) is 2.39. The molecule has 1 saturated heterocycles. The molecule has 1 heterocycles. The van der Waals surface area contributed by atoms with Gasteiger partial charge in [-0.05, 0) is 25.2 Å². The summed E-state index contributed by atoms with van der Waals surface area (Å²) in [7, 11) is 0. The molecule has 0 N–H and O–H groups in total. The number of ether oxygens (including phenoxy) is 1. The number of rotatable bonds is 4. The summed E-state index contributed by atoms with van der Waals surface area (Å²) in [6.07, 6.45) is 7.02. The van der Waals surface area contributed by atoms with E-state index >= 15 is 0 Å². The highest BCUT2D eigenvalue weighted by Gasteiger charge is 2.38. The second-order valence-corrected chi connectivity index (χ2v) is 6.29. The van der Waals surface area contributed by atoms with Crippen LogP contribution < -0.4 is 0 Å². The summed E-state index contributed by atoms with van der Waals surface area (Å²) in [6.45, 7) is 8.09. The van der Waals surface area contributed by atoms with E-state index in [1.165, 1.54) is 19.1 Å². The van der Waals surface area contributed by atoms with Gasteiger partial charge in [0.05, 0.1) is 13.2 Å². The highest BCUT2D eigenvalue weighted by atomic mass is 16.5. The highest BCUT2D eigenvalue weighted by Crippen LogP contribution is 2.39. The lowest BCUT2D eigenvalue weighted by Crippen LogP contribution is -2.51. The van der Waals surface area contributed by atoms with Crippen molar-refractivity contribution < 1.29 is 9.53 Å². The fraction of sp³-hybridized carbons (Fsp3) is 0.933. The van der Waals surface area contributed by atoms with Gasteiger partial charge in [0, 0.05) is 24.5 Å². The Hall–Kier alpha value is -0.410. The maximum Gasteiger partial charge on any atom is 0.127 e. The molecule has 3 atom stereocenters. The van der Waals surface area contributed by atoms with Gasteiger partial charge in [0.15, 0.2) is 0 Å². The van der Waals surface area contributed by atoms with Crippen LogP contribution in [0.15, 0.2) is 0 Å². The summed E-state index contributed by atoms with van der Waals surface area (Å²) in [5.41, 5.74) is -0.0809. The molecule has 18 heavy (non-hydrogen) atoms. The Morgan fingerprint density at radius 2 is 2.33 bits per heavy atom. The Morgan fingerprint density at radius 3 is 3.00 bits per heavy atom. The largest absolute Gasteiger partial charge is 0.378 e. The predicted molar refractivity (Wildman–Crippen MR) is 72.6 cm³/mol. The Balaban J connectivity index is 2.01. The third-order valence-corrected chi connectivity index (χ3v) is 4.72. The van der Waals surface area contributed by atoms with E-state index in [1.807, 2.05) is 0 Å². The molecule has 3 unspecified atom stereocenters. The normalized spacial score (nSPS) is 38.6. The topological polar surface area (TPSA) is 29.5 Å². The van der Waals surface area contributed by atoms with Crippen LogP contribution in [0.5, 0.6) is 0 Å². The molecule has 2 rings (SSSR count). The Bertz CT molecular complexity index is 282. The summed E-state index contributed by atoms with van der Waals surface area (Å²) in [5.74, 6) is 0.699. The van der Waals surface area contributed by atoms with Crippen molar-refractivity contribution in [2.75, 3.05) is 26.3 Å². The fourth-order valence-electron chi connectivity index (χ4n) is 3.67. The third kappa shape index (κ3) is 3.12. The number of morpholine rings is 1. The van der Waals surface area contributed by atoms with Crippen molar-refractivity contribution in [3.05, 3.63) is 0 Å². The van der Waals surface area contributed by atoms with E-state index in [0.717, 1.165) is 45.6 Å². The maximum atomic E-state index is 11.6. The van der Waals surface area contributed by atoms with E-state index in [1.54, 1.807) is 0 Å². The minimum absolute atomic E-state index is 0.0809. The average molecular weight is 253 g/mol. The van der Waals surface area contributed by atoms with Crippen molar-refractivity contribution >= 4 is 6.29 Å². The van der Waals surface area contributed by atoms with E-state index in [0.29, 0.717) is 12.0 Å². The van der Waals surface area contributed by atoms with Crippen LogP contribution in [0.1, 0.15) is 46.0 Å². The lowest BCUT2D eigenvalue weighted by molar-refractivity contribution is -0.122. The standard InChI is InChI=1S/C15H27NO2/c1-3-14-10-18-8-7-16(14)11-15(12-17)6-4-5-13(2)9-15/h12-14H,3-11H2,1-2H3. The second-order valence-electron chi connectivity index (χ2n) is 6.29. The zero-order chi connectivity index (χ0) is 13.0. The van der Waals surface area contributed by atoms with Crippen molar-refractivity contribution in [3.63, 3.8) is 0 Å². The van der Waals surface area contributed by atoms with E-state index in [9.17, 15) is 4.79 Å². The Kier molecular flexibility index (Phi) is 4.79. The van der Waals surface area contributed by atoms with Crippen molar-refractivity contribution in [1.82, 2.24) is 4.90 Å².